The zero-order chi connectivity index (χ0) is 20.9. The Labute approximate surface area is 179 Å². The van der Waals surface area contributed by atoms with Crippen LogP contribution in [0, 0.1) is 5.92 Å². The average molecular weight is 405 g/mol. The highest BCUT2D eigenvalue weighted by Crippen LogP contribution is 2.24. The molecule has 2 aromatic carbocycles. The summed E-state index contributed by atoms with van der Waals surface area (Å²) in [7, 11) is 0. The van der Waals surface area contributed by atoms with Gasteiger partial charge < -0.3 is 9.88 Å². The van der Waals surface area contributed by atoms with Crippen molar-refractivity contribution in [3.63, 3.8) is 0 Å². The summed E-state index contributed by atoms with van der Waals surface area (Å²) in [6.07, 6.45) is 4.05. The van der Waals surface area contributed by atoms with Gasteiger partial charge in [0.25, 0.3) is 0 Å². The summed E-state index contributed by atoms with van der Waals surface area (Å²) in [6, 6.07) is 16.5. The van der Waals surface area contributed by atoms with Crippen LogP contribution in [0.3, 0.4) is 0 Å². The molecule has 0 spiro atoms. The molecule has 158 valence electrons. The van der Waals surface area contributed by atoms with Gasteiger partial charge in [0.1, 0.15) is 5.82 Å². The summed E-state index contributed by atoms with van der Waals surface area (Å²) in [5.74, 6) is 1.26. The SMILES string of the molecule is CCCc1ccccc1NC(=O)[C@H]1CCCN(Cc2nc3ccccc3n2CC)C1. The maximum absolute atomic E-state index is 13.0. The molecular weight excluding hydrogens is 372 g/mol. The van der Waals surface area contributed by atoms with Crippen LogP contribution in [0.15, 0.2) is 48.5 Å². The molecule has 0 bridgehead atoms. The fraction of sp³-hybridized carbons (Fsp3) is 0.440. The van der Waals surface area contributed by atoms with E-state index in [4.69, 9.17) is 4.98 Å². The smallest absolute Gasteiger partial charge is 0.228 e. The Morgan fingerprint density at radius 1 is 1.13 bits per heavy atom. The van der Waals surface area contributed by atoms with E-state index in [1.807, 2.05) is 24.3 Å². The van der Waals surface area contributed by atoms with Gasteiger partial charge in [-0.15, -0.1) is 0 Å². The van der Waals surface area contributed by atoms with E-state index in [-0.39, 0.29) is 11.8 Å². The van der Waals surface area contributed by atoms with Gasteiger partial charge in [-0.05, 0) is 56.5 Å². The molecule has 1 saturated heterocycles. The monoisotopic (exact) mass is 404 g/mol. The van der Waals surface area contributed by atoms with Crippen LogP contribution in [-0.2, 0) is 24.3 Å². The Balaban J connectivity index is 1.44. The van der Waals surface area contributed by atoms with Crippen LogP contribution in [0.5, 0.6) is 0 Å². The lowest BCUT2D eigenvalue weighted by atomic mass is 9.96. The van der Waals surface area contributed by atoms with Gasteiger partial charge >= 0.3 is 0 Å². The quantitative estimate of drug-likeness (QED) is 0.612. The van der Waals surface area contributed by atoms with Gasteiger partial charge in [0.2, 0.25) is 5.91 Å². The first-order chi connectivity index (χ1) is 14.7. The summed E-state index contributed by atoms with van der Waals surface area (Å²) in [6.45, 7) is 7.83. The minimum atomic E-state index is 0.0212. The minimum absolute atomic E-state index is 0.0212. The van der Waals surface area contributed by atoms with Crippen LogP contribution in [0.25, 0.3) is 11.0 Å². The number of fused-ring (bicyclic) bond motifs is 1. The summed E-state index contributed by atoms with van der Waals surface area (Å²) >= 11 is 0. The molecular formula is C25H32N4O. The highest BCUT2D eigenvalue weighted by Gasteiger charge is 2.27. The van der Waals surface area contributed by atoms with Crippen molar-refractivity contribution in [1.29, 1.82) is 0 Å². The van der Waals surface area contributed by atoms with E-state index in [1.54, 1.807) is 0 Å². The summed E-state index contributed by atoms with van der Waals surface area (Å²) in [4.78, 5) is 20.3. The van der Waals surface area contributed by atoms with Crippen LogP contribution in [0.4, 0.5) is 5.69 Å². The lowest BCUT2D eigenvalue weighted by Crippen LogP contribution is -2.40. The van der Waals surface area contributed by atoms with E-state index in [2.05, 4.69) is 52.9 Å². The molecule has 4 rings (SSSR count). The molecule has 1 N–H and O–H groups in total. The van der Waals surface area contributed by atoms with Gasteiger partial charge in [0.05, 0.1) is 23.5 Å². The van der Waals surface area contributed by atoms with E-state index >= 15 is 0 Å². The Hall–Kier alpha value is -2.66. The van der Waals surface area contributed by atoms with Crippen molar-refractivity contribution >= 4 is 22.6 Å². The van der Waals surface area contributed by atoms with Gasteiger partial charge in [-0.2, -0.15) is 0 Å². The molecule has 0 saturated carbocycles. The molecule has 3 aromatic rings. The third-order valence-electron chi connectivity index (χ3n) is 6.09. The van der Waals surface area contributed by atoms with Crippen LogP contribution < -0.4 is 5.32 Å². The molecule has 0 aliphatic carbocycles. The van der Waals surface area contributed by atoms with E-state index in [9.17, 15) is 4.79 Å². The normalized spacial score (nSPS) is 17.3. The lowest BCUT2D eigenvalue weighted by Gasteiger charge is -2.32. The summed E-state index contributed by atoms with van der Waals surface area (Å²) in [5, 5.41) is 3.21. The number of hydrogen-bond acceptors (Lipinski definition) is 3. The molecule has 1 fully saturated rings. The molecule has 1 aliphatic heterocycles. The summed E-state index contributed by atoms with van der Waals surface area (Å²) < 4.78 is 2.29. The summed E-state index contributed by atoms with van der Waals surface area (Å²) in [5.41, 5.74) is 4.42. The number of nitrogens with one attached hydrogen (secondary N) is 1. The maximum atomic E-state index is 13.0. The number of para-hydroxylation sites is 3. The molecule has 5 heteroatoms. The van der Waals surface area contributed by atoms with Crippen LogP contribution in [0.2, 0.25) is 0 Å². The van der Waals surface area contributed by atoms with E-state index < -0.39 is 0 Å². The number of benzene rings is 2. The van der Waals surface area contributed by atoms with Crippen molar-refractivity contribution < 1.29 is 4.79 Å². The fourth-order valence-corrected chi connectivity index (χ4v) is 4.58. The standard InChI is InChI=1S/C25H32N4O/c1-3-10-19-11-5-6-13-21(19)27-25(30)20-12-9-16-28(17-20)18-24-26-22-14-7-8-15-23(22)29(24)4-2/h5-8,11,13-15,20H,3-4,9-10,12,16-18H2,1-2H3,(H,27,30)/t20-/m0/s1. The van der Waals surface area contributed by atoms with Crippen molar-refractivity contribution in [1.82, 2.24) is 14.5 Å². The number of imidazole rings is 1. The first-order valence-electron chi connectivity index (χ1n) is 11.2. The first kappa shape index (κ1) is 20.6. The number of rotatable bonds is 7. The number of likely N-dealkylation sites (tertiary alicyclic amines) is 1. The van der Waals surface area contributed by atoms with Gasteiger partial charge in [0.15, 0.2) is 0 Å². The van der Waals surface area contributed by atoms with Crippen LogP contribution in [-0.4, -0.2) is 33.4 Å². The van der Waals surface area contributed by atoms with E-state index in [0.717, 1.165) is 68.9 Å². The molecule has 1 aromatic heterocycles. The predicted molar refractivity (Wildman–Crippen MR) is 122 cm³/mol. The topological polar surface area (TPSA) is 50.2 Å². The maximum Gasteiger partial charge on any atom is 0.228 e. The lowest BCUT2D eigenvalue weighted by molar-refractivity contribution is -0.121. The van der Waals surface area contributed by atoms with E-state index in [1.165, 1.54) is 11.1 Å². The number of aryl methyl sites for hydroxylation is 2. The zero-order valence-electron chi connectivity index (χ0n) is 18.1. The number of carbonyl (C=O) groups is 1. The molecule has 30 heavy (non-hydrogen) atoms. The average Bonchev–Trinajstić information content (AvgIpc) is 3.12. The van der Waals surface area contributed by atoms with Crippen molar-refractivity contribution in [3.05, 3.63) is 59.9 Å². The Morgan fingerprint density at radius 2 is 1.93 bits per heavy atom. The number of amides is 1. The van der Waals surface area contributed by atoms with Crippen molar-refractivity contribution in [3.8, 4) is 0 Å². The molecule has 1 amide bonds. The second kappa shape index (κ2) is 9.43. The highest BCUT2D eigenvalue weighted by molar-refractivity contribution is 5.93. The molecule has 5 nitrogen and oxygen atoms in total. The van der Waals surface area contributed by atoms with Crippen molar-refractivity contribution in [2.75, 3.05) is 18.4 Å². The predicted octanol–water partition coefficient (Wildman–Crippen LogP) is 4.86. The van der Waals surface area contributed by atoms with Crippen LogP contribution >= 0.6 is 0 Å². The van der Waals surface area contributed by atoms with Gasteiger partial charge in [0, 0.05) is 18.8 Å². The third-order valence-corrected chi connectivity index (χ3v) is 6.09. The zero-order valence-corrected chi connectivity index (χ0v) is 18.1. The van der Waals surface area contributed by atoms with Crippen molar-refractivity contribution in [2.45, 2.75) is 52.6 Å². The molecule has 0 radical (unpaired) electrons. The van der Waals surface area contributed by atoms with Crippen molar-refractivity contribution in [2.24, 2.45) is 5.92 Å². The molecule has 2 heterocycles. The number of nitrogens with zero attached hydrogens (tertiary/aromatic N) is 3. The Bertz CT molecular complexity index is 1010. The fourth-order valence-electron chi connectivity index (χ4n) is 4.58. The second-order valence-corrected chi connectivity index (χ2v) is 8.23. The number of carbonyl (C=O) groups excluding carboxylic acids is 1. The van der Waals surface area contributed by atoms with Gasteiger partial charge in [-0.3, -0.25) is 9.69 Å². The van der Waals surface area contributed by atoms with Crippen LogP contribution in [0.1, 0.15) is 44.5 Å². The minimum Gasteiger partial charge on any atom is -0.327 e. The molecule has 0 unspecified atom stereocenters. The van der Waals surface area contributed by atoms with Gasteiger partial charge in [-0.25, -0.2) is 4.98 Å². The highest BCUT2D eigenvalue weighted by atomic mass is 16.1. The number of aromatic nitrogens is 2. The Morgan fingerprint density at radius 3 is 2.77 bits per heavy atom. The number of piperidine rings is 1. The van der Waals surface area contributed by atoms with Gasteiger partial charge in [-0.1, -0.05) is 43.7 Å². The number of anilines is 1. The first-order valence-corrected chi connectivity index (χ1v) is 11.2. The third kappa shape index (κ3) is 4.41. The molecule has 1 atom stereocenters. The largest absolute Gasteiger partial charge is 0.327 e. The number of hydrogen-bond donors (Lipinski definition) is 1. The van der Waals surface area contributed by atoms with E-state index in [0.29, 0.717) is 0 Å². The second-order valence-electron chi connectivity index (χ2n) is 8.23. The Kier molecular flexibility index (Phi) is 6.48. The molecule has 1 aliphatic rings.